The number of rotatable bonds is 9. The molecule has 0 heterocycles. The quantitative estimate of drug-likeness (QED) is 0.380. The Morgan fingerprint density at radius 1 is 1.50 bits per heavy atom. The third-order valence-corrected chi connectivity index (χ3v) is 5.55. The van der Waals surface area contributed by atoms with Crippen LogP contribution in [0.4, 0.5) is 0 Å². The van der Waals surface area contributed by atoms with Crippen molar-refractivity contribution in [3.63, 3.8) is 0 Å². The Morgan fingerprint density at radius 3 is 2.67 bits per heavy atom. The zero-order valence-electron chi connectivity index (χ0n) is 10.0. The molecule has 0 radical (unpaired) electrons. The number of hydrogen-bond donors (Lipinski definition) is 2. The highest BCUT2D eigenvalue weighted by Crippen LogP contribution is 2.58. The van der Waals surface area contributed by atoms with Gasteiger partial charge in [-0.05, 0) is 12.6 Å². The van der Waals surface area contributed by atoms with E-state index in [9.17, 15) is 14.2 Å². The lowest BCUT2D eigenvalue weighted by Gasteiger charge is -2.10. The summed E-state index contributed by atoms with van der Waals surface area (Å²) in [5.41, 5.74) is 2.11. The minimum atomic E-state index is -3.09. The van der Waals surface area contributed by atoms with Gasteiger partial charge in [-0.15, -0.1) is 6.42 Å². The number of nitrogens with one attached hydrogen (secondary N) is 1. The van der Waals surface area contributed by atoms with Crippen LogP contribution in [0.1, 0.15) is 19.8 Å². The summed E-state index contributed by atoms with van der Waals surface area (Å²) < 4.78 is 16.7. The molecular weight excluding hydrogens is 277 g/mol. The van der Waals surface area contributed by atoms with Gasteiger partial charge in [-0.3, -0.25) is 14.2 Å². The van der Waals surface area contributed by atoms with Gasteiger partial charge < -0.3 is 14.9 Å². The summed E-state index contributed by atoms with van der Waals surface area (Å²) in [5, 5.41) is 10.9. The van der Waals surface area contributed by atoms with Crippen LogP contribution in [0.25, 0.3) is 0 Å². The highest BCUT2D eigenvalue weighted by atomic mass is 32.7. The predicted octanol–water partition coefficient (Wildman–Crippen LogP) is 1.52. The summed E-state index contributed by atoms with van der Waals surface area (Å²) in [5.74, 6) is -1.03. The smallest absolute Gasteiger partial charge is 0.329 e. The summed E-state index contributed by atoms with van der Waals surface area (Å²) in [7, 11) is 0. The highest BCUT2D eigenvalue weighted by molar-refractivity contribution is 8.58. The van der Waals surface area contributed by atoms with Crippen LogP contribution in [0.2, 0.25) is 0 Å². The molecule has 0 rings (SSSR count). The van der Waals surface area contributed by atoms with Gasteiger partial charge >= 0.3 is 12.5 Å². The van der Waals surface area contributed by atoms with Crippen LogP contribution in [0.3, 0.4) is 0 Å². The largest absolute Gasteiger partial charge is 0.481 e. The molecule has 8 heteroatoms. The lowest BCUT2D eigenvalue weighted by molar-refractivity contribution is -0.138. The third kappa shape index (κ3) is 8.18. The van der Waals surface area contributed by atoms with E-state index in [-0.39, 0.29) is 31.9 Å². The molecule has 0 spiro atoms. The normalized spacial score (nSPS) is 13.3. The molecule has 18 heavy (non-hydrogen) atoms. The van der Waals surface area contributed by atoms with Gasteiger partial charge in [0, 0.05) is 18.7 Å². The van der Waals surface area contributed by atoms with Crippen LogP contribution in [-0.4, -0.2) is 35.9 Å². The van der Waals surface area contributed by atoms with E-state index < -0.39 is 12.5 Å². The van der Waals surface area contributed by atoms with Crippen LogP contribution in [-0.2, 0) is 18.7 Å². The second-order valence-corrected chi connectivity index (χ2v) is 7.52. The zero-order chi connectivity index (χ0) is 14.0. The van der Waals surface area contributed by atoms with Gasteiger partial charge in [0.05, 0.1) is 13.0 Å². The van der Waals surface area contributed by atoms with E-state index in [0.29, 0.717) is 5.75 Å². The molecule has 0 aromatic rings. The number of carbonyl (C=O) groups excluding carboxylic acids is 1. The molecule has 6 nitrogen and oxygen atoms in total. The number of hydrogen-bond acceptors (Lipinski definition) is 5. The average Bonchev–Trinajstić information content (AvgIpc) is 2.32. The third-order valence-electron chi connectivity index (χ3n) is 1.71. The second kappa shape index (κ2) is 9.03. The maximum atomic E-state index is 11.8. The molecule has 2 N–H and O–H groups in total. The van der Waals surface area contributed by atoms with Crippen molar-refractivity contribution in [2.75, 3.05) is 18.9 Å². The van der Waals surface area contributed by atoms with E-state index >= 15 is 0 Å². The van der Waals surface area contributed by atoms with Gasteiger partial charge in [-0.25, -0.2) is 0 Å². The second-order valence-electron chi connectivity index (χ2n) is 3.12. The molecular formula is C10H16NO5PS. The first-order valence-corrected chi connectivity index (χ1v) is 8.50. The Bertz CT molecular complexity index is 379. The van der Waals surface area contributed by atoms with Gasteiger partial charge in [0.1, 0.15) is 0 Å². The van der Waals surface area contributed by atoms with Gasteiger partial charge in [0.15, 0.2) is 0 Å². The number of carboxylic acids is 1. The maximum absolute atomic E-state index is 11.8. The molecule has 0 aliphatic rings. The maximum Gasteiger partial charge on any atom is 0.329 e. The summed E-state index contributed by atoms with van der Waals surface area (Å²) in [6.45, 7) is -0.870. The van der Waals surface area contributed by atoms with Crippen LogP contribution < -0.4 is 5.32 Å². The average molecular weight is 293 g/mol. The van der Waals surface area contributed by atoms with Crippen LogP contribution in [0.15, 0.2) is 0 Å². The Hall–Kier alpha value is -0.960. The Balaban J connectivity index is 3.79. The predicted molar refractivity (Wildman–Crippen MR) is 70.4 cm³/mol. The number of carbonyl (C=O) groups is 2. The van der Waals surface area contributed by atoms with Crippen molar-refractivity contribution in [3.8, 4) is 12.1 Å². The Morgan fingerprint density at radius 2 is 2.17 bits per heavy atom. The molecule has 1 amide bonds. The van der Waals surface area contributed by atoms with Crippen molar-refractivity contribution in [1.82, 2.24) is 5.32 Å². The van der Waals surface area contributed by atoms with E-state index in [1.54, 1.807) is 6.92 Å². The van der Waals surface area contributed by atoms with Crippen molar-refractivity contribution in [3.05, 3.63) is 0 Å². The van der Waals surface area contributed by atoms with E-state index in [4.69, 9.17) is 16.1 Å². The molecule has 0 aromatic carbocycles. The standard InChI is InChI=1S/C10H16NO5PS/c1-3-16-17(15,4-2)18-8-7-11-9(12)5-6-10(13)14/h2H,3,5-8H2,1H3,(H,11,12)(H,13,14). The molecule has 0 saturated heterocycles. The monoisotopic (exact) mass is 293 g/mol. The van der Waals surface area contributed by atoms with Gasteiger partial charge in [0.25, 0.3) is 0 Å². The van der Waals surface area contributed by atoms with Gasteiger partial charge in [-0.2, -0.15) is 0 Å². The van der Waals surface area contributed by atoms with Crippen LogP contribution in [0, 0.1) is 12.1 Å². The topological polar surface area (TPSA) is 92.7 Å². The minimum absolute atomic E-state index is 0.0712. The highest BCUT2D eigenvalue weighted by Gasteiger charge is 2.19. The molecule has 0 aromatic heterocycles. The first-order chi connectivity index (χ1) is 8.43. The molecule has 0 aliphatic heterocycles. The fourth-order valence-electron chi connectivity index (χ4n) is 0.947. The van der Waals surface area contributed by atoms with Crippen LogP contribution in [0.5, 0.6) is 0 Å². The van der Waals surface area contributed by atoms with E-state index in [0.717, 1.165) is 11.4 Å². The lowest BCUT2D eigenvalue weighted by Crippen LogP contribution is -2.26. The van der Waals surface area contributed by atoms with E-state index in [2.05, 4.69) is 11.0 Å². The lowest BCUT2D eigenvalue weighted by atomic mass is 10.3. The molecule has 0 aliphatic carbocycles. The van der Waals surface area contributed by atoms with Gasteiger partial charge in [-0.1, -0.05) is 11.4 Å². The SMILES string of the molecule is C#CP(=O)(OCC)SCCNC(=O)CCC(=O)O. The van der Waals surface area contributed by atoms with E-state index in [1.165, 1.54) is 0 Å². The van der Waals surface area contributed by atoms with Crippen LogP contribution >= 0.6 is 18.0 Å². The molecule has 0 fully saturated rings. The van der Waals surface area contributed by atoms with Crippen molar-refractivity contribution >= 4 is 29.8 Å². The first kappa shape index (κ1) is 17.0. The molecule has 1 atom stereocenters. The zero-order valence-corrected chi connectivity index (χ0v) is 11.8. The number of terminal acetylenes is 1. The number of carboxylic acid groups (broad SMARTS) is 1. The fourth-order valence-corrected chi connectivity index (χ4v) is 3.70. The van der Waals surface area contributed by atoms with Gasteiger partial charge in [0.2, 0.25) is 5.91 Å². The molecule has 102 valence electrons. The van der Waals surface area contributed by atoms with Crippen molar-refractivity contribution in [2.45, 2.75) is 19.8 Å². The first-order valence-electron chi connectivity index (χ1n) is 5.29. The van der Waals surface area contributed by atoms with Crippen molar-refractivity contribution in [1.29, 1.82) is 0 Å². The summed E-state index contributed by atoms with van der Waals surface area (Å²) in [6.07, 6.45) is 4.83. The van der Waals surface area contributed by atoms with E-state index in [1.807, 2.05) is 0 Å². The minimum Gasteiger partial charge on any atom is -0.481 e. The Labute approximate surface area is 110 Å². The summed E-state index contributed by atoms with van der Waals surface area (Å²) >= 11 is 0.981. The molecule has 1 unspecified atom stereocenters. The van der Waals surface area contributed by atoms with Crippen molar-refractivity contribution < 1.29 is 23.8 Å². The molecule has 0 bridgehead atoms. The van der Waals surface area contributed by atoms with Crippen molar-refractivity contribution in [2.24, 2.45) is 0 Å². The fraction of sp³-hybridized carbons (Fsp3) is 0.600. The number of amides is 1. The molecule has 0 saturated carbocycles. The summed E-state index contributed by atoms with van der Waals surface area (Å²) in [6, 6.07) is 0. The Kier molecular flexibility index (Phi) is 8.55. The number of aliphatic carboxylic acids is 1. The summed E-state index contributed by atoms with van der Waals surface area (Å²) in [4.78, 5) is 21.4.